The zero-order valence-corrected chi connectivity index (χ0v) is 27.9. The Bertz CT molecular complexity index is 1080. The van der Waals surface area contributed by atoms with E-state index in [0.29, 0.717) is 0 Å². The van der Waals surface area contributed by atoms with Crippen LogP contribution in [0.2, 0.25) is 0 Å². The summed E-state index contributed by atoms with van der Waals surface area (Å²) in [4.78, 5) is 31.8. The maximum atomic E-state index is 11.6. The van der Waals surface area contributed by atoms with Gasteiger partial charge in [0.05, 0.1) is 6.61 Å². The molecule has 11 heteroatoms. The smallest absolute Gasteiger partial charge is 0.302 e. The van der Waals surface area contributed by atoms with Gasteiger partial charge in [0.2, 0.25) is 0 Å². The molecule has 1 saturated carbocycles. The van der Waals surface area contributed by atoms with Gasteiger partial charge in [-0.3, -0.25) is 0 Å². The lowest BCUT2D eigenvalue weighted by Gasteiger charge is -2.12. The van der Waals surface area contributed by atoms with E-state index in [2.05, 4.69) is 99.8 Å². The molecule has 1 fully saturated rings. The maximum absolute atomic E-state index is 11.6. The minimum absolute atomic E-state index is 0.0667. The van der Waals surface area contributed by atoms with Crippen molar-refractivity contribution in [2.45, 2.75) is 107 Å². The fourth-order valence-corrected chi connectivity index (χ4v) is 6.21. The summed E-state index contributed by atoms with van der Waals surface area (Å²) < 4.78 is 30.1. The van der Waals surface area contributed by atoms with Crippen molar-refractivity contribution < 1.29 is 42.7 Å². The molecule has 0 radical (unpaired) electrons. The Morgan fingerprint density at radius 1 is 0.756 bits per heavy atom. The second-order valence-electron chi connectivity index (χ2n) is 11.9. The molecule has 1 rings (SSSR count). The quantitative estimate of drug-likeness (QED) is 0.0401. The highest BCUT2D eigenvalue weighted by atomic mass is 31.3. The molecule has 0 saturated heterocycles. The van der Waals surface area contributed by atoms with Gasteiger partial charge < -0.3 is 14.7 Å². The average molecular weight is 619 g/mol. The zero-order chi connectivity index (χ0) is 31.3. The van der Waals surface area contributed by atoms with Gasteiger partial charge in [-0.1, -0.05) is 74.9 Å². The van der Waals surface area contributed by atoms with Crippen molar-refractivity contribution in [3.8, 4) is 0 Å². The van der Waals surface area contributed by atoms with E-state index in [-0.39, 0.29) is 23.9 Å². The van der Waals surface area contributed by atoms with Crippen molar-refractivity contribution in [3.63, 3.8) is 0 Å². The van der Waals surface area contributed by atoms with E-state index in [1.165, 1.54) is 27.9 Å². The molecule has 0 aromatic rings. The topological polar surface area (TPSA) is 132 Å². The normalized spacial score (nSPS) is 23.2. The zero-order valence-electron chi connectivity index (χ0n) is 26.1. The van der Waals surface area contributed by atoms with Crippen LogP contribution in [0.3, 0.4) is 0 Å². The Kier molecular flexibility index (Phi) is 16.5. The highest BCUT2D eigenvalue weighted by Gasteiger charge is 2.59. The molecule has 3 N–H and O–H groups in total. The van der Waals surface area contributed by atoms with Crippen molar-refractivity contribution in [1.29, 1.82) is 0 Å². The van der Waals surface area contributed by atoms with Crippen LogP contribution in [-0.2, 0) is 28.0 Å². The lowest BCUT2D eigenvalue weighted by molar-refractivity contribution is -0.473. The SMILES string of the molecule is CC(C)=CCC/C(C)=C/CC/C(C)=C/C1C(COOOP(=O)(O)OP(=O)(O)O)C1(C)CC/C=C(\C)CCC=C(C)C. The van der Waals surface area contributed by atoms with Gasteiger partial charge >= 0.3 is 15.6 Å². The highest BCUT2D eigenvalue weighted by molar-refractivity contribution is 7.60. The summed E-state index contributed by atoms with van der Waals surface area (Å²) in [6, 6.07) is 0. The molecule has 0 heterocycles. The molecule has 0 aromatic carbocycles. The van der Waals surface area contributed by atoms with Crippen molar-refractivity contribution in [3.05, 3.63) is 58.2 Å². The van der Waals surface area contributed by atoms with Crippen LogP contribution in [0.1, 0.15) is 107 Å². The van der Waals surface area contributed by atoms with E-state index in [1.54, 1.807) is 0 Å². The first kappa shape index (κ1) is 37.9. The van der Waals surface area contributed by atoms with Crippen molar-refractivity contribution >= 4 is 15.6 Å². The minimum Gasteiger partial charge on any atom is -0.302 e. The van der Waals surface area contributed by atoms with Crippen molar-refractivity contribution in [2.75, 3.05) is 6.61 Å². The predicted octanol–water partition coefficient (Wildman–Crippen LogP) is 9.22. The Labute approximate surface area is 247 Å². The summed E-state index contributed by atoms with van der Waals surface area (Å²) in [5.74, 6) is 0.295. The van der Waals surface area contributed by atoms with Crippen LogP contribution in [0.15, 0.2) is 58.2 Å². The van der Waals surface area contributed by atoms with Crippen LogP contribution in [-0.4, -0.2) is 21.3 Å². The number of hydrogen-bond acceptors (Lipinski definition) is 6. The summed E-state index contributed by atoms with van der Waals surface area (Å²) >= 11 is 0. The second-order valence-corrected chi connectivity index (χ2v) is 14.7. The van der Waals surface area contributed by atoms with Crippen LogP contribution < -0.4 is 0 Å². The summed E-state index contributed by atoms with van der Waals surface area (Å²) in [5, 5.41) is 4.35. The molecule has 0 aromatic heterocycles. The predicted molar refractivity (Wildman–Crippen MR) is 163 cm³/mol. The molecule has 4 unspecified atom stereocenters. The van der Waals surface area contributed by atoms with Gasteiger partial charge in [0.15, 0.2) is 0 Å². The largest absolute Gasteiger partial charge is 0.510 e. The lowest BCUT2D eigenvalue weighted by atomic mass is 9.95. The van der Waals surface area contributed by atoms with E-state index < -0.39 is 15.6 Å². The first-order chi connectivity index (χ1) is 18.9. The molecular weight excluding hydrogens is 566 g/mol. The molecule has 0 spiro atoms. The lowest BCUT2D eigenvalue weighted by Crippen LogP contribution is -2.05. The van der Waals surface area contributed by atoms with Gasteiger partial charge in [-0.25, -0.2) is 14.0 Å². The van der Waals surface area contributed by atoms with E-state index >= 15 is 0 Å². The highest BCUT2D eigenvalue weighted by Crippen LogP contribution is 2.63. The first-order valence-corrected chi connectivity index (χ1v) is 17.3. The number of rotatable bonds is 20. The Balaban J connectivity index is 2.78. The van der Waals surface area contributed by atoms with Gasteiger partial charge in [0, 0.05) is 0 Å². The number of hydrogen-bond donors (Lipinski definition) is 3. The molecule has 9 nitrogen and oxygen atoms in total. The Morgan fingerprint density at radius 2 is 1.24 bits per heavy atom. The Morgan fingerprint density at radius 3 is 1.76 bits per heavy atom. The third kappa shape index (κ3) is 16.9. The standard InChI is InChI=1S/C30H52O9P2/c1-23(2)13-9-15-25(5)17-11-18-27(7)21-28-29(22-36-37-38-41(34,35)39-40(31,32)33)30(28,8)20-12-19-26(6)16-10-14-24(3)4/h13-14,17,19,21,28-29H,9-12,15-16,18,20,22H2,1-8H3,(H,34,35)(H2,31,32,33)/b25-17+,26-19+,27-21+. The summed E-state index contributed by atoms with van der Waals surface area (Å²) in [6.45, 7) is 17.2. The summed E-state index contributed by atoms with van der Waals surface area (Å²) in [5.41, 5.74) is 6.64. The third-order valence-electron chi connectivity index (χ3n) is 7.42. The fraction of sp³-hybridized carbons (Fsp3) is 0.667. The van der Waals surface area contributed by atoms with E-state index in [4.69, 9.17) is 14.7 Å². The van der Waals surface area contributed by atoms with Crippen LogP contribution in [0.25, 0.3) is 0 Å². The van der Waals surface area contributed by atoms with Gasteiger partial charge in [-0.05, 0) is 117 Å². The molecule has 1 aliphatic rings. The van der Waals surface area contributed by atoms with Gasteiger partial charge in [0.1, 0.15) is 0 Å². The number of phosphoric acid groups is 2. The monoisotopic (exact) mass is 618 g/mol. The fourth-order valence-electron chi connectivity index (χ4n) is 4.91. The van der Waals surface area contributed by atoms with Gasteiger partial charge in [-0.2, -0.15) is 4.31 Å². The molecule has 4 atom stereocenters. The van der Waals surface area contributed by atoms with Crippen molar-refractivity contribution in [1.82, 2.24) is 0 Å². The van der Waals surface area contributed by atoms with Crippen molar-refractivity contribution in [2.24, 2.45) is 17.3 Å². The van der Waals surface area contributed by atoms with E-state index in [9.17, 15) is 14.0 Å². The van der Waals surface area contributed by atoms with Gasteiger partial charge in [0.25, 0.3) is 0 Å². The van der Waals surface area contributed by atoms with E-state index in [0.717, 1.165) is 51.4 Å². The molecular formula is C30H52O9P2. The molecule has 0 bridgehead atoms. The molecule has 0 aliphatic heterocycles. The van der Waals surface area contributed by atoms with Crippen LogP contribution in [0.4, 0.5) is 0 Å². The van der Waals surface area contributed by atoms with Crippen LogP contribution in [0, 0.1) is 17.3 Å². The number of allylic oxidation sites excluding steroid dienone is 10. The van der Waals surface area contributed by atoms with E-state index in [1.807, 2.05) is 0 Å². The average Bonchev–Trinajstić information content (AvgIpc) is 3.35. The molecule has 1 aliphatic carbocycles. The molecule has 0 amide bonds. The molecule has 236 valence electrons. The first-order valence-electron chi connectivity index (χ1n) is 14.3. The van der Waals surface area contributed by atoms with Gasteiger partial charge in [-0.15, -0.1) is 0 Å². The Hall–Kier alpha value is -1.12. The molecule has 41 heavy (non-hydrogen) atoms. The van der Waals surface area contributed by atoms with Crippen LogP contribution in [0.5, 0.6) is 0 Å². The third-order valence-corrected chi connectivity index (χ3v) is 9.34. The summed E-state index contributed by atoms with van der Waals surface area (Å²) in [7, 11) is -10.4. The summed E-state index contributed by atoms with van der Waals surface area (Å²) in [6.07, 6.45) is 19.4. The minimum atomic E-state index is -5.24. The second kappa shape index (κ2) is 17.9. The van der Waals surface area contributed by atoms with Crippen LogP contribution >= 0.6 is 15.6 Å². The maximum Gasteiger partial charge on any atom is 0.510 e.